The Morgan fingerprint density at radius 3 is 2.46 bits per heavy atom. The second kappa shape index (κ2) is 12.8. The summed E-state index contributed by atoms with van der Waals surface area (Å²) >= 11 is 0.763. The van der Waals surface area contributed by atoms with Crippen LogP contribution in [0.2, 0.25) is 0 Å². The van der Waals surface area contributed by atoms with Crippen LogP contribution in [-0.4, -0.2) is 34.7 Å². The van der Waals surface area contributed by atoms with Crippen molar-refractivity contribution in [3.05, 3.63) is 58.5 Å². The van der Waals surface area contributed by atoms with E-state index in [4.69, 9.17) is 20.6 Å². The summed E-state index contributed by atoms with van der Waals surface area (Å²) in [5.74, 6) is -0.265. The highest BCUT2D eigenvalue weighted by Gasteiger charge is 2.38. The molecule has 1 saturated carbocycles. The second-order valence-electron chi connectivity index (χ2n) is 9.70. The summed E-state index contributed by atoms with van der Waals surface area (Å²) in [5.41, 5.74) is 11.7. The quantitative estimate of drug-likeness (QED) is 0.290. The van der Waals surface area contributed by atoms with Crippen LogP contribution < -0.4 is 26.4 Å². The van der Waals surface area contributed by atoms with Gasteiger partial charge < -0.3 is 25.9 Å². The fourth-order valence-electron chi connectivity index (χ4n) is 4.66. The van der Waals surface area contributed by atoms with Gasteiger partial charge in [-0.25, -0.2) is 0 Å². The van der Waals surface area contributed by atoms with Crippen LogP contribution in [0.4, 0.5) is 11.4 Å². The lowest BCUT2D eigenvalue weighted by molar-refractivity contribution is -0.123. The van der Waals surface area contributed by atoms with E-state index in [-0.39, 0.29) is 28.2 Å². The number of unbranched alkanes of at least 4 members (excludes halogenated alkanes) is 1. The Bertz CT molecular complexity index is 1300. The number of benzene rings is 1. The topological polar surface area (TPSA) is 154 Å². The van der Waals surface area contributed by atoms with Gasteiger partial charge in [-0.2, -0.15) is 4.37 Å². The van der Waals surface area contributed by atoms with E-state index in [2.05, 4.69) is 16.6 Å². The van der Waals surface area contributed by atoms with Crippen molar-refractivity contribution in [2.45, 2.75) is 70.9 Å². The fourth-order valence-corrected chi connectivity index (χ4v) is 5.40. The molecule has 2 aromatic heterocycles. The maximum absolute atomic E-state index is 14.1. The monoisotopic (exact) mass is 553 g/mol. The first-order valence-corrected chi connectivity index (χ1v) is 14.1. The zero-order chi connectivity index (χ0) is 27.9. The van der Waals surface area contributed by atoms with E-state index < -0.39 is 17.9 Å². The van der Waals surface area contributed by atoms with Gasteiger partial charge in [-0.1, -0.05) is 32.6 Å². The highest BCUT2D eigenvalue weighted by molar-refractivity contribution is 7.09. The number of carbonyl (C=O) groups excluding carboxylic acids is 3. The lowest BCUT2D eigenvalue weighted by Gasteiger charge is -2.32. The Balaban J connectivity index is 1.77. The zero-order valence-electron chi connectivity index (χ0n) is 22.3. The van der Waals surface area contributed by atoms with E-state index in [1.165, 1.54) is 4.90 Å². The highest BCUT2D eigenvalue weighted by Crippen LogP contribution is 2.35. The molecule has 1 aliphatic rings. The van der Waals surface area contributed by atoms with Crippen molar-refractivity contribution in [2.75, 3.05) is 17.2 Å². The third-order valence-corrected chi connectivity index (χ3v) is 7.60. The molecule has 5 N–H and O–H groups in total. The molecular weight excluding hydrogens is 518 g/mol. The zero-order valence-corrected chi connectivity index (χ0v) is 23.1. The van der Waals surface area contributed by atoms with Gasteiger partial charge in [-0.15, -0.1) is 0 Å². The van der Waals surface area contributed by atoms with Crippen LogP contribution in [0.15, 0.2) is 40.8 Å². The van der Waals surface area contributed by atoms with Gasteiger partial charge >= 0.3 is 0 Å². The number of ether oxygens (including phenoxy) is 1. The standard InChI is InChI=1S/C28H35N5O5S/c1-3-4-16-37-20-13-11-19(12-14-20)33(28(36)25-22(29)23(26(30)34)32-39-25)24(21-15-10-17(2)38-21)27(35)31-18-8-6-5-7-9-18/h10-15,18,24H,3-9,16,29H2,1-2H3,(H2,30,34)(H,31,35)/t24-/m1/s1. The molecule has 0 saturated heterocycles. The number of rotatable bonds is 11. The van der Waals surface area contributed by atoms with E-state index >= 15 is 0 Å². The van der Waals surface area contributed by atoms with Crippen molar-refractivity contribution in [3.8, 4) is 5.75 Å². The molecule has 0 radical (unpaired) electrons. The minimum absolute atomic E-state index is 0.00539. The number of furan rings is 1. The Morgan fingerprint density at radius 1 is 1.15 bits per heavy atom. The van der Waals surface area contributed by atoms with Crippen molar-refractivity contribution in [1.29, 1.82) is 0 Å². The summed E-state index contributed by atoms with van der Waals surface area (Å²) in [6.45, 7) is 4.43. The molecule has 1 fully saturated rings. The van der Waals surface area contributed by atoms with Crippen molar-refractivity contribution in [3.63, 3.8) is 0 Å². The summed E-state index contributed by atoms with van der Waals surface area (Å²) in [6.07, 6.45) is 6.87. The van der Waals surface area contributed by atoms with Crippen LogP contribution in [0.3, 0.4) is 0 Å². The van der Waals surface area contributed by atoms with E-state index in [0.717, 1.165) is 56.5 Å². The number of amides is 3. The highest BCUT2D eigenvalue weighted by atomic mass is 32.1. The van der Waals surface area contributed by atoms with Gasteiger partial charge in [-0.05, 0) is 74.1 Å². The van der Waals surface area contributed by atoms with Crippen LogP contribution in [0.1, 0.15) is 89.6 Å². The van der Waals surface area contributed by atoms with Gasteiger partial charge in [-0.3, -0.25) is 19.3 Å². The number of nitrogens with two attached hydrogens (primary N) is 2. The molecule has 39 heavy (non-hydrogen) atoms. The summed E-state index contributed by atoms with van der Waals surface area (Å²) in [4.78, 5) is 41.2. The van der Waals surface area contributed by atoms with Gasteiger partial charge in [0.1, 0.15) is 22.1 Å². The van der Waals surface area contributed by atoms with Crippen molar-refractivity contribution in [1.82, 2.24) is 9.69 Å². The number of anilines is 2. The predicted octanol–water partition coefficient (Wildman–Crippen LogP) is 4.74. The number of carbonyl (C=O) groups is 3. The molecule has 0 unspecified atom stereocenters. The number of hydrogen-bond acceptors (Lipinski definition) is 8. The number of primary amides is 1. The van der Waals surface area contributed by atoms with Crippen molar-refractivity contribution < 1.29 is 23.5 Å². The Hall–Kier alpha value is -3.86. The van der Waals surface area contributed by atoms with E-state index in [1.54, 1.807) is 43.3 Å². The van der Waals surface area contributed by atoms with Gasteiger partial charge in [0.05, 0.1) is 12.3 Å². The van der Waals surface area contributed by atoms with E-state index in [0.29, 0.717) is 29.6 Å². The molecule has 208 valence electrons. The summed E-state index contributed by atoms with van der Waals surface area (Å²) < 4.78 is 15.7. The van der Waals surface area contributed by atoms with Crippen LogP contribution in [-0.2, 0) is 4.79 Å². The molecule has 1 aromatic carbocycles. The lowest BCUT2D eigenvalue weighted by Crippen LogP contribution is -2.47. The summed E-state index contributed by atoms with van der Waals surface area (Å²) in [6, 6.07) is 9.22. The first kappa shape index (κ1) is 28.2. The molecule has 0 spiro atoms. The smallest absolute Gasteiger partial charge is 0.273 e. The summed E-state index contributed by atoms with van der Waals surface area (Å²) in [5, 5.41) is 3.13. The van der Waals surface area contributed by atoms with Crippen molar-refractivity contribution in [2.24, 2.45) is 5.73 Å². The number of aryl methyl sites for hydroxylation is 1. The maximum atomic E-state index is 14.1. The van der Waals surface area contributed by atoms with E-state index in [9.17, 15) is 14.4 Å². The van der Waals surface area contributed by atoms with Gasteiger partial charge in [0.2, 0.25) is 0 Å². The summed E-state index contributed by atoms with van der Waals surface area (Å²) in [7, 11) is 0. The number of hydrogen-bond donors (Lipinski definition) is 3. The molecule has 3 amide bonds. The number of nitrogens with zero attached hydrogens (tertiary/aromatic N) is 2. The Kier molecular flexibility index (Phi) is 9.23. The molecule has 11 heteroatoms. The SMILES string of the molecule is CCCCOc1ccc(N(C(=O)c2snc(C(N)=O)c2N)[C@@H](C(=O)NC2CCCCC2)c2ccc(C)o2)cc1. The minimum atomic E-state index is -1.14. The van der Waals surface area contributed by atoms with E-state index in [1.807, 2.05) is 0 Å². The number of aromatic nitrogens is 1. The number of nitrogen functional groups attached to an aromatic ring is 1. The van der Waals surface area contributed by atoms with Crippen LogP contribution in [0.25, 0.3) is 0 Å². The van der Waals surface area contributed by atoms with Gasteiger partial charge in [0, 0.05) is 11.7 Å². The van der Waals surface area contributed by atoms with Gasteiger partial charge in [0.15, 0.2) is 11.7 Å². The molecule has 4 rings (SSSR count). The third-order valence-electron chi connectivity index (χ3n) is 6.74. The molecule has 0 aliphatic heterocycles. The van der Waals surface area contributed by atoms with Gasteiger partial charge in [0.25, 0.3) is 17.7 Å². The second-order valence-corrected chi connectivity index (χ2v) is 10.5. The molecule has 3 aromatic rings. The Morgan fingerprint density at radius 2 is 1.87 bits per heavy atom. The van der Waals surface area contributed by atoms with Crippen LogP contribution in [0, 0.1) is 6.92 Å². The maximum Gasteiger partial charge on any atom is 0.273 e. The normalized spacial score (nSPS) is 14.5. The molecule has 1 atom stereocenters. The molecular formula is C28H35N5O5S. The average molecular weight is 554 g/mol. The van der Waals surface area contributed by atoms with Crippen LogP contribution in [0.5, 0.6) is 5.75 Å². The first-order chi connectivity index (χ1) is 18.8. The first-order valence-electron chi connectivity index (χ1n) is 13.3. The van der Waals surface area contributed by atoms with Crippen LogP contribution >= 0.6 is 11.5 Å². The largest absolute Gasteiger partial charge is 0.494 e. The Labute approximate surface area is 231 Å². The molecule has 10 nitrogen and oxygen atoms in total. The average Bonchev–Trinajstić information content (AvgIpc) is 3.53. The lowest BCUT2D eigenvalue weighted by atomic mass is 9.95. The minimum Gasteiger partial charge on any atom is -0.494 e. The predicted molar refractivity (Wildman–Crippen MR) is 150 cm³/mol. The molecule has 2 heterocycles. The fraction of sp³-hybridized carbons (Fsp3) is 0.429. The van der Waals surface area contributed by atoms with Crippen molar-refractivity contribution >= 4 is 40.6 Å². The molecule has 1 aliphatic carbocycles. The molecule has 0 bridgehead atoms. The third kappa shape index (κ3) is 6.59. The number of nitrogens with one attached hydrogen (secondary N) is 1.